The van der Waals surface area contributed by atoms with Crippen LogP contribution in [-0.2, 0) is 6.42 Å². The molecule has 1 aromatic heterocycles. The summed E-state index contributed by atoms with van der Waals surface area (Å²) in [5.41, 5.74) is 1.21. The van der Waals surface area contributed by atoms with Crippen LogP contribution in [0.5, 0.6) is 0 Å². The molecule has 0 amide bonds. The summed E-state index contributed by atoms with van der Waals surface area (Å²) in [5, 5.41) is 3.93. The summed E-state index contributed by atoms with van der Waals surface area (Å²) < 4.78 is 1.20. The van der Waals surface area contributed by atoms with E-state index < -0.39 is 0 Å². The zero-order chi connectivity index (χ0) is 15.2. The third-order valence-electron chi connectivity index (χ3n) is 3.19. The molecule has 1 saturated heterocycles. The molecule has 0 radical (unpaired) electrons. The second-order valence-corrected chi connectivity index (χ2v) is 9.19. The van der Waals surface area contributed by atoms with E-state index in [4.69, 9.17) is 9.97 Å². The summed E-state index contributed by atoms with van der Waals surface area (Å²) in [6.45, 7) is 7.66. The number of hydrogen-bond donors (Lipinski definition) is 1. The van der Waals surface area contributed by atoms with E-state index in [0.29, 0.717) is 11.2 Å². The monoisotopic (exact) mass is 437 g/mol. The van der Waals surface area contributed by atoms with Gasteiger partial charge in [-0.1, -0.05) is 20.8 Å². The number of nitrogens with zero attached hydrogens (tertiary/aromatic N) is 2. The molecular weight excluding hydrogens is 413 g/mol. The van der Waals surface area contributed by atoms with Crippen LogP contribution in [-0.4, -0.2) is 33.8 Å². The lowest BCUT2D eigenvalue weighted by Crippen LogP contribution is -2.16. The van der Waals surface area contributed by atoms with E-state index in [2.05, 4.69) is 48.7 Å². The van der Waals surface area contributed by atoms with Gasteiger partial charge in [0.15, 0.2) is 0 Å². The molecule has 1 fully saturated rings. The first kappa shape index (κ1) is 17.7. The van der Waals surface area contributed by atoms with E-state index in [1.165, 1.54) is 20.8 Å². The summed E-state index contributed by atoms with van der Waals surface area (Å²) in [4.78, 5) is 9.75. The van der Waals surface area contributed by atoms with Crippen LogP contribution < -0.4 is 5.32 Å². The second-order valence-electron chi connectivity index (χ2n) is 5.65. The molecule has 0 aromatic carbocycles. The van der Waals surface area contributed by atoms with Crippen molar-refractivity contribution in [3.63, 3.8) is 0 Å². The first-order chi connectivity index (χ1) is 10.1. The third kappa shape index (κ3) is 5.16. The molecule has 1 N–H and O–H groups in total. The summed E-state index contributed by atoms with van der Waals surface area (Å²) in [6.07, 6.45) is 2.14. The van der Waals surface area contributed by atoms with Gasteiger partial charge in [-0.25, -0.2) is 9.97 Å². The molecule has 2 heterocycles. The molecular formula is C15H24IN3S2. The predicted molar refractivity (Wildman–Crippen MR) is 105 cm³/mol. The van der Waals surface area contributed by atoms with Crippen molar-refractivity contribution in [3.05, 3.63) is 15.1 Å². The molecule has 3 nitrogen and oxygen atoms in total. The maximum atomic E-state index is 4.91. The highest BCUT2D eigenvalue weighted by Gasteiger charge is 2.22. The number of nitrogens with one attached hydrogen (secondary N) is 1. The number of thioether (sulfide) groups is 2. The van der Waals surface area contributed by atoms with Crippen LogP contribution in [0, 0.1) is 9.49 Å². The Kier molecular flexibility index (Phi) is 7.41. The van der Waals surface area contributed by atoms with Crippen LogP contribution >= 0.6 is 46.1 Å². The molecule has 1 aliphatic heterocycles. The average Bonchev–Trinajstić information content (AvgIpc) is 2.48. The van der Waals surface area contributed by atoms with Gasteiger partial charge in [-0.05, 0) is 41.4 Å². The Balaban J connectivity index is 2.29. The van der Waals surface area contributed by atoms with Gasteiger partial charge >= 0.3 is 0 Å². The van der Waals surface area contributed by atoms with Gasteiger partial charge in [0, 0.05) is 23.8 Å². The number of anilines is 1. The standard InChI is InChI=1S/C15H24IN3S2/c1-4-5-17-15-13(16)11(8-10(2)3)18-14(19-15)12-9-20-6-7-21-12/h10,12H,4-9H2,1-3H3,(H,17,18,19). The Hall–Kier alpha value is 0.310. The van der Waals surface area contributed by atoms with Gasteiger partial charge in [-0.15, -0.1) is 11.8 Å². The van der Waals surface area contributed by atoms with E-state index in [9.17, 15) is 0 Å². The minimum atomic E-state index is 0.453. The van der Waals surface area contributed by atoms with Gasteiger partial charge < -0.3 is 5.32 Å². The number of hydrogen-bond acceptors (Lipinski definition) is 5. The van der Waals surface area contributed by atoms with Gasteiger partial charge in [-0.2, -0.15) is 11.8 Å². The average molecular weight is 437 g/mol. The Morgan fingerprint density at radius 2 is 2.14 bits per heavy atom. The Morgan fingerprint density at radius 1 is 1.33 bits per heavy atom. The van der Waals surface area contributed by atoms with Crippen LogP contribution in [0.25, 0.3) is 0 Å². The van der Waals surface area contributed by atoms with Crippen molar-refractivity contribution >= 4 is 51.9 Å². The molecule has 1 aliphatic rings. The van der Waals surface area contributed by atoms with Gasteiger partial charge in [-0.3, -0.25) is 0 Å². The minimum absolute atomic E-state index is 0.453. The van der Waals surface area contributed by atoms with Crippen LogP contribution in [0.3, 0.4) is 0 Å². The Bertz CT molecular complexity index is 462. The van der Waals surface area contributed by atoms with E-state index in [0.717, 1.165) is 36.8 Å². The molecule has 1 aromatic rings. The highest BCUT2D eigenvalue weighted by molar-refractivity contribution is 14.1. The van der Waals surface area contributed by atoms with Gasteiger partial charge in [0.2, 0.25) is 0 Å². The van der Waals surface area contributed by atoms with Crippen molar-refractivity contribution in [1.29, 1.82) is 0 Å². The Labute approximate surface area is 150 Å². The lowest BCUT2D eigenvalue weighted by atomic mass is 10.1. The van der Waals surface area contributed by atoms with Crippen molar-refractivity contribution in [1.82, 2.24) is 9.97 Å². The van der Waals surface area contributed by atoms with E-state index in [-0.39, 0.29) is 0 Å². The number of aromatic nitrogens is 2. The Morgan fingerprint density at radius 3 is 2.76 bits per heavy atom. The molecule has 0 aliphatic carbocycles. The van der Waals surface area contributed by atoms with Crippen molar-refractivity contribution in [3.8, 4) is 0 Å². The fourth-order valence-electron chi connectivity index (χ4n) is 2.18. The van der Waals surface area contributed by atoms with Crippen molar-refractivity contribution in [2.24, 2.45) is 5.92 Å². The lowest BCUT2D eigenvalue weighted by Gasteiger charge is -2.22. The zero-order valence-electron chi connectivity index (χ0n) is 13.0. The lowest BCUT2D eigenvalue weighted by molar-refractivity contribution is 0.627. The van der Waals surface area contributed by atoms with Gasteiger partial charge in [0.1, 0.15) is 11.6 Å². The first-order valence-corrected chi connectivity index (χ1v) is 10.9. The molecule has 118 valence electrons. The molecule has 6 heteroatoms. The van der Waals surface area contributed by atoms with E-state index in [1.807, 2.05) is 23.5 Å². The van der Waals surface area contributed by atoms with Crippen LogP contribution in [0.15, 0.2) is 0 Å². The summed E-state index contributed by atoms with van der Waals surface area (Å²) in [6, 6.07) is 0. The predicted octanol–water partition coefficient (Wildman–Crippen LogP) is 4.62. The van der Waals surface area contributed by atoms with Gasteiger partial charge in [0.05, 0.1) is 14.5 Å². The summed E-state index contributed by atoms with van der Waals surface area (Å²) in [7, 11) is 0. The van der Waals surface area contributed by atoms with E-state index >= 15 is 0 Å². The largest absolute Gasteiger partial charge is 0.369 e. The highest BCUT2D eigenvalue weighted by atomic mass is 127. The fraction of sp³-hybridized carbons (Fsp3) is 0.733. The van der Waals surface area contributed by atoms with Crippen LogP contribution in [0.2, 0.25) is 0 Å². The van der Waals surface area contributed by atoms with Crippen molar-refractivity contribution in [2.75, 3.05) is 29.1 Å². The normalized spacial score (nSPS) is 19.0. The molecule has 1 atom stereocenters. The third-order valence-corrected chi connectivity index (χ3v) is 7.07. The molecule has 0 bridgehead atoms. The number of halogens is 1. The number of rotatable bonds is 6. The molecule has 0 spiro atoms. The topological polar surface area (TPSA) is 37.8 Å². The van der Waals surface area contributed by atoms with Crippen molar-refractivity contribution < 1.29 is 0 Å². The van der Waals surface area contributed by atoms with Crippen LogP contribution in [0.1, 0.15) is 44.0 Å². The quantitative estimate of drug-likeness (QED) is 0.658. The SMILES string of the molecule is CCCNc1nc(C2CSCCS2)nc(CC(C)C)c1I. The van der Waals surface area contributed by atoms with Gasteiger partial charge in [0.25, 0.3) is 0 Å². The molecule has 21 heavy (non-hydrogen) atoms. The minimum Gasteiger partial charge on any atom is -0.369 e. The maximum Gasteiger partial charge on any atom is 0.144 e. The highest BCUT2D eigenvalue weighted by Crippen LogP contribution is 2.36. The smallest absolute Gasteiger partial charge is 0.144 e. The zero-order valence-corrected chi connectivity index (χ0v) is 16.8. The van der Waals surface area contributed by atoms with Crippen LogP contribution in [0.4, 0.5) is 5.82 Å². The molecule has 2 rings (SSSR count). The summed E-state index contributed by atoms with van der Waals surface area (Å²) in [5.74, 6) is 6.29. The van der Waals surface area contributed by atoms with Crippen molar-refractivity contribution in [2.45, 2.75) is 38.9 Å². The molecule has 0 saturated carbocycles. The second kappa shape index (κ2) is 8.82. The molecule has 1 unspecified atom stereocenters. The fourth-order valence-corrected chi connectivity index (χ4v) is 5.43. The van der Waals surface area contributed by atoms with E-state index in [1.54, 1.807) is 0 Å². The summed E-state index contributed by atoms with van der Waals surface area (Å²) >= 11 is 6.43. The first-order valence-electron chi connectivity index (χ1n) is 7.61. The maximum absolute atomic E-state index is 4.91.